The lowest BCUT2D eigenvalue weighted by Gasteiger charge is -2.34. The van der Waals surface area contributed by atoms with Crippen LogP contribution < -0.4 is 15.4 Å². The molecule has 1 atom stereocenters. The highest BCUT2D eigenvalue weighted by Gasteiger charge is 2.23. The van der Waals surface area contributed by atoms with Crippen molar-refractivity contribution in [3.8, 4) is 5.88 Å². The van der Waals surface area contributed by atoms with Gasteiger partial charge in [-0.1, -0.05) is 19.1 Å². The molecule has 0 radical (unpaired) electrons. The molecular weight excluding hydrogens is 386 g/mol. The van der Waals surface area contributed by atoms with Crippen molar-refractivity contribution in [2.24, 2.45) is 4.99 Å². The minimum absolute atomic E-state index is 0.305. The summed E-state index contributed by atoms with van der Waals surface area (Å²) < 4.78 is 11.3. The Kier molecular flexibility index (Phi) is 8.73. The van der Waals surface area contributed by atoms with Crippen molar-refractivity contribution in [1.29, 1.82) is 0 Å². The van der Waals surface area contributed by atoms with Crippen LogP contribution in [0.4, 0.5) is 0 Å². The second-order valence-electron chi connectivity index (χ2n) is 6.80. The van der Waals surface area contributed by atoms with Gasteiger partial charge in [0.1, 0.15) is 0 Å². The standard InChI is InChI=1S/C21H31N5O2S/c1-3-11-28-20-17(6-4-8-23-20)15-24-21(22-2)25-16-18(19-7-5-14-29-19)26-9-12-27-13-10-26/h4-8,14,18H,3,9-13,15-16H2,1-2H3,(H2,22,24,25). The van der Waals surface area contributed by atoms with Gasteiger partial charge in [0.05, 0.1) is 25.9 Å². The third-order valence-corrected chi connectivity index (χ3v) is 5.76. The van der Waals surface area contributed by atoms with Gasteiger partial charge in [-0.15, -0.1) is 11.3 Å². The Morgan fingerprint density at radius 3 is 2.90 bits per heavy atom. The molecule has 3 heterocycles. The zero-order valence-electron chi connectivity index (χ0n) is 17.3. The Labute approximate surface area is 177 Å². The van der Waals surface area contributed by atoms with Crippen molar-refractivity contribution in [3.63, 3.8) is 0 Å². The molecule has 0 aromatic carbocycles. The van der Waals surface area contributed by atoms with E-state index in [-0.39, 0.29) is 0 Å². The van der Waals surface area contributed by atoms with Crippen LogP contribution in [0.25, 0.3) is 0 Å². The van der Waals surface area contributed by atoms with Crippen molar-refractivity contribution in [1.82, 2.24) is 20.5 Å². The molecule has 2 aromatic rings. The second-order valence-corrected chi connectivity index (χ2v) is 7.78. The molecule has 158 valence electrons. The molecule has 1 aliphatic heterocycles. The van der Waals surface area contributed by atoms with Crippen LogP contribution in [0.2, 0.25) is 0 Å². The van der Waals surface area contributed by atoms with Crippen molar-refractivity contribution in [2.75, 3.05) is 46.5 Å². The fourth-order valence-electron chi connectivity index (χ4n) is 3.26. The number of ether oxygens (including phenoxy) is 2. The topological polar surface area (TPSA) is 71.0 Å². The molecule has 3 rings (SSSR count). The number of morpholine rings is 1. The number of pyridine rings is 1. The quantitative estimate of drug-likeness (QED) is 0.483. The van der Waals surface area contributed by atoms with E-state index in [9.17, 15) is 0 Å². The van der Waals surface area contributed by atoms with E-state index in [0.717, 1.165) is 50.8 Å². The van der Waals surface area contributed by atoms with Crippen molar-refractivity contribution < 1.29 is 9.47 Å². The van der Waals surface area contributed by atoms with E-state index in [1.165, 1.54) is 4.88 Å². The molecule has 8 heteroatoms. The highest BCUT2D eigenvalue weighted by Crippen LogP contribution is 2.25. The van der Waals surface area contributed by atoms with Crippen LogP contribution in [-0.4, -0.2) is 62.3 Å². The molecule has 0 amide bonds. The first-order valence-electron chi connectivity index (χ1n) is 10.2. The molecule has 7 nitrogen and oxygen atoms in total. The van der Waals surface area contributed by atoms with Gasteiger partial charge in [-0.2, -0.15) is 0 Å². The van der Waals surface area contributed by atoms with Gasteiger partial charge in [-0.3, -0.25) is 9.89 Å². The Hall–Kier alpha value is -2.16. The number of hydrogen-bond acceptors (Lipinski definition) is 6. The smallest absolute Gasteiger partial charge is 0.218 e. The summed E-state index contributed by atoms with van der Waals surface area (Å²) in [5.74, 6) is 1.45. The lowest BCUT2D eigenvalue weighted by atomic mass is 10.2. The molecule has 29 heavy (non-hydrogen) atoms. The second kappa shape index (κ2) is 11.7. The monoisotopic (exact) mass is 417 g/mol. The fraction of sp³-hybridized carbons (Fsp3) is 0.524. The van der Waals surface area contributed by atoms with Crippen molar-refractivity contribution in [3.05, 3.63) is 46.3 Å². The van der Waals surface area contributed by atoms with Gasteiger partial charge in [-0.05, 0) is 23.9 Å². The van der Waals surface area contributed by atoms with Crippen LogP contribution >= 0.6 is 11.3 Å². The summed E-state index contributed by atoms with van der Waals surface area (Å²) >= 11 is 1.80. The van der Waals surface area contributed by atoms with Crippen LogP contribution in [0, 0.1) is 0 Å². The van der Waals surface area contributed by atoms with Crippen LogP contribution in [-0.2, 0) is 11.3 Å². The molecule has 1 unspecified atom stereocenters. The lowest BCUT2D eigenvalue weighted by Crippen LogP contribution is -2.46. The third kappa shape index (κ3) is 6.42. The molecule has 1 aliphatic rings. The van der Waals surface area contributed by atoms with Crippen LogP contribution in [0.3, 0.4) is 0 Å². The average Bonchev–Trinajstić information content (AvgIpc) is 3.30. The maximum atomic E-state index is 5.75. The summed E-state index contributed by atoms with van der Waals surface area (Å²) in [6.07, 6.45) is 2.72. The number of aromatic nitrogens is 1. The summed E-state index contributed by atoms with van der Waals surface area (Å²) in [5.41, 5.74) is 1.02. The lowest BCUT2D eigenvalue weighted by molar-refractivity contribution is 0.0177. The number of nitrogens with one attached hydrogen (secondary N) is 2. The normalized spacial score (nSPS) is 16.4. The van der Waals surface area contributed by atoms with Gasteiger partial charge < -0.3 is 20.1 Å². The molecule has 0 aliphatic carbocycles. The van der Waals surface area contributed by atoms with Crippen LogP contribution in [0.5, 0.6) is 5.88 Å². The predicted octanol–water partition coefficient (Wildman–Crippen LogP) is 2.67. The minimum atomic E-state index is 0.305. The van der Waals surface area contributed by atoms with E-state index >= 15 is 0 Å². The summed E-state index contributed by atoms with van der Waals surface area (Å²) in [6.45, 7) is 7.62. The Balaban J connectivity index is 1.58. The van der Waals surface area contributed by atoms with Gasteiger partial charge >= 0.3 is 0 Å². The summed E-state index contributed by atoms with van der Waals surface area (Å²) in [7, 11) is 1.79. The molecular formula is C21H31N5O2S. The number of hydrogen-bond donors (Lipinski definition) is 2. The average molecular weight is 418 g/mol. The first-order valence-corrected chi connectivity index (χ1v) is 11.1. The maximum Gasteiger partial charge on any atom is 0.218 e. The zero-order chi connectivity index (χ0) is 20.3. The number of nitrogens with zero attached hydrogens (tertiary/aromatic N) is 3. The molecule has 0 spiro atoms. The van der Waals surface area contributed by atoms with Gasteiger partial charge in [0, 0.05) is 49.9 Å². The largest absolute Gasteiger partial charge is 0.477 e. The first kappa shape index (κ1) is 21.5. The molecule has 1 fully saturated rings. The molecule has 0 saturated carbocycles. The summed E-state index contributed by atoms with van der Waals surface area (Å²) in [6, 6.07) is 8.58. The molecule has 2 aromatic heterocycles. The Bertz CT molecular complexity index is 747. The van der Waals surface area contributed by atoms with E-state index in [1.54, 1.807) is 24.6 Å². The molecule has 1 saturated heterocycles. The van der Waals surface area contributed by atoms with E-state index in [4.69, 9.17) is 9.47 Å². The molecule has 2 N–H and O–H groups in total. The SMILES string of the molecule is CCCOc1ncccc1CNC(=NC)NCC(c1cccs1)N1CCOCC1. The third-order valence-electron chi connectivity index (χ3n) is 4.78. The van der Waals surface area contributed by atoms with E-state index in [1.807, 2.05) is 12.1 Å². The highest BCUT2D eigenvalue weighted by atomic mass is 32.1. The van der Waals surface area contributed by atoms with E-state index < -0.39 is 0 Å². The van der Waals surface area contributed by atoms with Gasteiger partial charge in [-0.25, -0.2) is 4.98 Å². The van der Waals surface area contributed by atoms with E-state index in [0.29, 0.717) is 25.1 Å². The van der Waals surface area contributed by atoms with Crippen molar-refractivity contribution >= 4 is 17.3 Å². The highest BCUT2D eigenvalue weighted by molar-refractivity contribution is 7.10. The number of rotatable bonds is 9. The number of aliphatic imine (C=N–C) groups is 1. The summed E-state index contributed by atoms with van der Waals surface area (Å²) in [5, 5.41) is 9.01. The maximum absolute atomic E-state index is 5.75. The zero-order valence-corrected chi connectivity index (χ0v) is 18.1. The summed E-state index contributed by atoms with van der Waals surface area (Å²) in [4.78, 5) is 12.6. The molecule has 0 bridgehead atoms. The number of thiophene rings is 1. The van der Waals surface area contributed by atoms with Crippen LogP contribution in [0.15, 0.2) is 40.8 Å². The Morgan fingerprint density at radius 1 is 1.31 bits per heavy atom. The first-order chi connectivity index (χ1) is 14.3. The van der Waals surface area contributed by atoms with Gasteiger partial charge in [0.15, 0.2) is 5.96 Å². The van der Waals surface area contributed by atoms with Gasteiger partial charge in [0.2, 0.25) is 5.88 Å². The van der Waals surface area contributed by atoms with E-state index in [2.05, 4.69) is 49.9 Å². The van der Waals surface area contributed by atoms with Gasteiger partial charge in [0.25, 0.3) is 0 Å². The van der Waals surface area contributed by atoms with Crippen molar-refractivity contribution in [2.45, 2.75) is 25.9 Å². The number of guanidine groups is 1. The fourth-order valence-corrected chi connectivity index (χ4v) is 4.12. The van der Waals surface area contributed by atoms with Crippen LogP contribution in [0.1, 0.15) is 29.8 Å². The Morgan fingerprint density at radius 2 is 2.17 bits per heavy atom. The predicted molar refractivity (Wildman–Crippen MR) is 118 cm³/mol. The minimum Gasteiger partial charge on any atom is -0.477 e.